The van der Waals surface area contributed by atoms with Gasteiger partial charge in [0.05, 0.1) is 11.9 Å². The molecular weight excluding hydrogens is 307 g/mol. The molecule has 22 heavy (non-hydrogen) atoms. The van der Waals surface area contributed by atoms with Gasteiger partial charge in [-0.25, -0.2) is 12.8 Å². The summed E-state index contributed by atoms with van der Waals surface area (Å²) in [4.78, 5) is 11.7. The molecule has 0 spiro atoms. The maximum Gasteiger partial charge on any atom is 0.232 e. The van der Waals surface area contributed by atoms with Crippen molar-refractivity contribution >= 4 is 21.6 Å². The van der Waals surface area contributed by atoms with Crippen molar-refractivity contribution in [2.45, 2.75) is 26.7 Å². The van der Waals surface area contributed by atoms with E-state index in [1.807, 2.05) is 0 Å². The first kappa shape index (κ1) is 18.4. The lowest BCUT2D eigenvalue weighted by Crippen LogP contribution is -2.35. The number of sulfonamides is 1. The summed E-state index contributed by atoms with van der Waals surface area (Å²) in [6, 6.07) is 5.31. The van der Waals surface area contributed by atoms with Crippen LogP contribution in [0.15, 0.2) is 24.3 Å². The molecule has 0 aliphatic rings. The molecule has 5 nitrogen and oxygen atoms in total. The molecule has 0 unspecified atom stereocenters. The minimum absolute atomic E-state index is 0.0181. The number of nitrogens with one attached hydrogen (secondary N) is 1. The minimum atomic E-state index is -3.58. The van der Waals surface area contributed by atoms with E-state index < -0.39 is 15.8 Å². The van der Waals surface area contributed by atoms with Crippen molar-refractivity contribution in [1.29, 1.82) is 0 Å². The number of hydrogen-bond donors (Lipinski definition) is 1. The third-order valence-corrected chi connectivity index (χ3v) is 4.28. The predicted octanol–water partition coefficient (Wildman–Crippen LogP) is 2.14. The molecule has 0 heterocycles. The van der Waals surface area contributed by atoms with E-state index in [1.165, 1.54) is 18.2 Å². The summed E-state index contributed by atoms with van der Waals surface area (Å²) in [7, 11) is -3.58. The van der Waals surface area contributed by atoms with E-state index in [9.17, 15) is 17.6 Å². The van der Waals surface area contributed by atoms with Crippen molar-refractivity contribution in [3.8, 4) is 0 Å². The van der Waals surface area contributed by atoms with Gasteiger partial charge in [-0.05, 0) is 30.5 Å². The number of benzene rings is 1. The zero-order chi connectivity index (χ0) is 16.8. The Morgan fingerprint density at radius 3 is 2.59 bits per heavy atom. The molecule has 0 saturated heterocycles. The molecule has 1 N–H and O–H groups in total. The van der Waals surface area contributed by atoms with Crippen molar-refractivity contribution in [3.63, 3.8) is 0 Å². The molecule has 0 saturated carbocycles. The van der Waals surface area contributed by atoms with Crippen molar-refractivity contribution in [3.05, 3.63) is 30.1 Å². The van der Waals surface area contributed by atoms with Crippen molar-refractivity contribution in [2.24, 2.45) is 5.92 Å². The molecule has 0 aromatic heterocycles. The molecule has 124 valence electrons. The SMILES string of the molecule is CC(C)CCNC(=O)CCN(c1cccc(F)c1)S(C)(=O)=O. The summed E-state index contributed by atoms with van der Waals surface area (Å²) in [6.45, 7) is 4.66. The predicted molar refractivity (Wildman–Crippen MR) is 85.7 cm³/mol. The van der Waals surface area contributed by atoms with E-state index in [0.717, 1.165) is 23.0 Å². The fraction of sp³-hybridized carbons (Fsp3) is 0.533. The van der Waals surface area contributed by atoms with E-state index in [-0.39, 0.29) is 24.6 Å². The summed E-state index contributed by atoms with van der Waals surface area (Å²) in [5.74, 6) is -0.252. The summed E-state index contributed by atoms with van der Waals surface area (Å²) >= 11 is 0. The van der Waals surface area contributed by atoms with Crippen LogP contribution in [0.1, 0.15) is 26.7 Å². The van der Waals surface area contributed by atoms with E-state index in [2.05, 4.69) is 19.2 Å². The molecule has 1 amide bonds. The number of nitrogens with zero attached hydrogens (tertiary/aromatic N) is 1. The Labute approximate surface area is 131 Å². The van der Waals surface area contributed by atoms with Crippen LogP contribution in [0.25, 0.3) is 0 Å². The second-order valence-corrected chi connectivity index (χ2v) is 7.50. The quantitative estimate of drug-likeness (QED) is 0.794. The first-order valence-corrected chi connectivity index (χ1v) is 9.05. The van der Waals surface area contributed by atoms with E-state index in [4.69, 9.17) is 0 Å². The molecule has 0 radical (unpaired) electrons. The summed E-state index contributed by atoms with van der Waals surface area (Å²) < 4.78 is 38.0. The molecule has 0 aliphatic carbocycles. The average Bonchev–Trinajstić information content (AvgIpc) is 2.37. The molecule has 1 aromatic rings. The number of carbonyl (C=O) groups is 1. The highest BCUT2D eigenvalue weighted by Gasteiger charge is 2.18. The minimum Gasteiger partial charge on any atom is -0.356 e. The van der Waals surface area contributed by atoms with Gasteiger partial charge in [-0.2, -0.15) is 0 Å². The lowest BCUT2D eigenvalue weighted by molar-refractivity contribution is -0.120. The second-order valence-electron chi connectivity index (χ2n) is 5.60. The fourth-order valence-corrected chi connectivity index (χ4v) is 2.83. The van der Waals surface area contributed by atoms with Gasteiger partial charge >= 0.3 is 0 Å². The van der Waals surface area contributed by atoms with Gasteiger partial charge in [-0.1, -0.05) is 19.9 Å². The lowest BCUT2D eigenvalue weighted by atomic mass is 10.1. The Morgan fingerprint density at radius 2 is 2.05 bits per heavy atom. The first-order chi connectivity index (χ1) is 10.2. The van der Waals surface area contributed by atoms with E-state index in [0.29, 0.717) is 12.5 Å². The number of anilines is 1. The Morgan fingerprint density at radius 1 is 1.36 bits per heavy atom. The first-order valence-electron chi connectivity index (χ1n) is 7.20. The van der Waals surface area contributed by atoms with Crippen LogP contribution in [-0.4, -0.2) is 33.7 Å². The topological polar surface area (TPSA) is 66.5 Å². The van der Waals surface area contributed by atoms with Gasteiger partial charge in [-0.15, -0.1) is 0 Å². The maximum atomic E-state index is 13.3. The molecular formula is C15H23FN2O3S. The molecule has 0 aliphatic heterocycles. The van der Waals surface area contributed by atoms with Gasteiger partial charge in [0.15, 0.2) is 0 Å². The highest BCUT2D eigenvalue weighted by molar-refractivity contribution is 7.92. The fourth-order valence-electron chi connectivity index (χ4n) is 1.91. The Kier molecular flexibility index (Phi) is 6.80. The Balaban J connectivity index is 2.66. The largest absolute Gasteiger partial charge is 0.356 e. The van der Waals surface area contributed by atoms with E-state index >= 15 is 0 Å². The van der Waals surface area contributed by atoms with Gasteiger partial charge in [-0.3, -0.25) is 9.10 Å². The summed E-state index contributed by atoms with van der Waals surface area (Å²) in [5, 5.41) is 2.75. The second kappa shape index (κ2) is 8.12. The van der Waals surface area contributed by atoms with E-state index in [1.54, 1.807) is 0 Å². The van der Waals surface area contributed by atoms with Crippen molar-refractivity contribution < 1.29 is 17.6 Å². The monoisotopic (exact) mass is 330 g/mol. The summed E-state index contributed by atoms with van der Waals surface area (Å²) in [6.07, 6.45) is 1.93. The highest BCUT2D eigenvalue weighted by atomic mass is 32.2. The summed E-state index contributed by atoms with van der Waals surface area (Å²) in [5.41, 5.74) is 0.220. The van der Waals surface area contributed by atoms with Crippen LogP contribution >= 0.6 is 0 Å². The third kappa shape index (κ3) is 6.43. The van der Waals surface area contributed by atoms with Crippen LogP contribution in [0.5, 0.6) is 0 Å². The van der Waals surface area contributed by atoms with Crippen molar-refractivity contribution in [1.82, 2.24) is 5.32 Å². The molecule has 1 aromatic carbocycles. The Hall–Kier alpha value is -1.63. The van der Waals surface area contributed by atoms with Crippen molar-refractivity contribution in [2.75, 3.05) is 23.7 Å². The number of carbonyl (C=O) groups excluding carboxylic acids is 1. The molecule has 0 bridgehead atoms. The standard InChI is InChI=1S/C15H23FN2O3S/c1-12(2)7-9-17-15(19)8-10-18(22(3,20)21)14-6-4-5-13(16)11-14/h4-6,11-12H,7-10H2,1-3H3,(H,17,19). The maximum absolute atomic E-state index is 13.3. The Bertz CT molecular complexity index is 603. The smallest absolute Gasteiger partial charge is 0.232 e. The van der Waals surface area contributed by atoms with Crippen LogP contribution < -0.4 is 9.62 Å². The van der Waals surface area contributed by atoms with Gasteiger partial charge in [0.2, 0.25) is 15.9 Å². The normalized spacial score (nSPS) is 11.5. The number of rotatable bonds is 8. The lowest BCUT2D eigenvalue weighted by Gasteiger charge is -2.22. The molecule has 7 heteroatoms. The average molecular weight is 330 g/mol. The zero-order valence-corrected chi connectivity index (χ0v) is 14.0. The molecule has 1 rings (SSSR count). The number of amides is 1. The number of hydrogen-bond acceptors (Lipinski definition) is 3. The van der Waals surface area contributed by atoms with Gasteiger partial charge < -0.3 is 5.32 Å². The van der Waals surface area contributed by atoms with Crippen LogP contribution in [-0.2, 0) is 14.8 Å². The van der Waals surface area contributed by atoms with Crippen LogP contribution in [0, 0.1) is 11.7 Å². The van der Waals surface area contributed by atoms with Gasteiger partial charge in [0.25, 0.3) is 0 Å². The van der Waals surface area contributed by atoms with Crippen LogP contribution in [0.2, 0.25) is 0 Å². The van der Waals surface area contributed by atoms with Gasteiger partial charge in [0.1, 0.15) is 5.82 Å². The number of halogens is 1. The van der Waals surface area contributed by atoms with Gasteiger partial charge in [0, 0.05) is 19.5 Å². The highest BCUT2D eigenvalue weighted by Crippen LogP contribution is 2.18. The third-order valence-electron chi connectivity index (χ3n) is 3.08. The molecule has 0 fully saturated rings. The van der Waals surface area contributed by atoms with Crippen LogP contribution in [0.3, 0.4) is 0 Å². The van der Waals surface area contributed by atoms with Crippen LogP contribution in [0.4, 0.5) is 10.1 Å². The molecule has 0 atom stereocenters. The zero-order valence-electron chi connectivity index (χ0n) is 13.2.